The lowest BCUT2D eigenvalue weighted by molar-refractivity contribution is 0.0919. The van der Waals surface area contributed by atoms with Crippen molar-refractivity contribution in [3.05, 3.63) is 23.8 Å². The summed E-state index contributed by atoms with van der Waals surface area (Å²) in [5, 5.41) is 2.91. The Balaban J connectivity index is 2.97. The number of hydrogen-bond acceptors (Lipinski definition) is 3. The summed E-state index contributed by atoms with van der Waals surface area (Å²) >= 11 is 0. The molecule has 0 aliphatic carbocycles. The van der Waals surface area contributed by atoms with Crippen molar-refractivity contribution in [1.29, 1.82) is 0 Å². The molecule has 0 bridgehead atoms. The average Bonchev–Trinajstić information content (AvgIpc) is 2.27. The van der Waals surface area contributed by atoms with Gasteiger partial charge in [0.25, 0.3) is 5.91 Å². The van der Waals surface area contributed by atoms with Crippen LogP contribution in [-0.2, 0) is 0 Å². The molecule has 1 rings (SSSR count). The zero-order chi connectivity index (χ0) is 13.8. The Morgan fingerprint density at radius 1 is 1.28 bits per heavy atom. The van der Waals surface area contributed by atoms with Crippen LogP contribution in [0.5, 0.6) is 11.5 Å². The van der Waals surface area contributed by atoms with Crippen LogP contribution in [0.4, 0.5) is 0 Å². The van der Waals surface area contributed by atoms with Gasteiger partial charge in [0.2, 0.25) is 0 Å². The minimum atomic E-state index is -0.261. The minimum absolute atomic E-state index is 0.119. The van der Waals surface area contributed by atoms with Crippen molar-refractivity contribution in [3.63, 3.8) is 0 Å². The third-order valence-electron chi connectivity index (χ3n) is 2.21. The fourth-order valence-corrected chi connectivity index (χ4v) is 1.50. The molecule has 1 N–H and O–H groups in total. The summed E-state index contributed by atoms with van der Waals surface area (Å²) in [5.41, 5.74) is 0.303. The molecule has 1 amide bonds. The molecule has 0 aromatic heterocycles. The largest absolute Gasteiger partial charge is 0.493 e. The number of hydrogen-bond donors (Lipinski definition) is 1. The van der Waals surface area contributed by atoms with Crippen LogP contribution in [0.2, 0.25) is 0 Å². The number of carbonyl (C=O) groups is 1. The van der Waals surface area contributed by atoms with Crippen molar-refractivity contribution in [2.24, 2.45) is 0 Å². The molecule has 1 aromatic carbocycles. The number of rotatable bonds is 4. The van der Waals surface area contributed by atoms with E-state index in [1.165, 1.54) is 0 Å². The molecule has 4 nitrogen and oxygen atoms in total. The van der Waals surface area contributed by atoms with Crippen molar-refractivity contribution < 1.29 is 14.3 Å². The Morgan fingerprint density at radius 2 is 1.94 bits per heavy atom. The molecule has 0 aliphatic rings. The molecule has 0 saturated carbocycles. The van der Waals surface area contributed by atoms with Gasteiger partial charge in [0.15, 0.2) is 11.5 Å². The van der Waals surface area contributed by atoms with Gasteiger partial charge in [0.05, 0.1) is 13.7 Å². The number of methoxy groups -OCH3 is 1. The van der Waals surface area contributed by atoms with Crippen molar-refractivity contribution in [1.82, 2.24) is 5.32 Å². The SMILES string of the molecule is CCOc1cc(C(=O)NC(C)(C)C)ccc1OC. The average molecular weight is 251 g/mol. The van der Waals surface area contributed by atoms with E-state index in [1.807, 2.05) is 27.7 Å². The summed E-state index contributed by atoms with van der Waals surface area (Å²) in [7, 11) is 1.58. The van der Waals surface area contributed by atoms with Gasteiger partial charge < -0.3 is 14.8 Å². The maximum absolute atomic E-state index is 12.0. The molecule has 0 radical (unpaired) electrons. The van der Waals surface area contributed by atoms with E-state index in [1.54, 1.807) is 25.3 Å². The second-order valence-corrected chi connectivity index (χ2v) is 5.00. The van der Waals surface area contributed by atoms with Gasteiger partial charge in [-0.3, -0.25) is 4.79 Å². The van der Waals surface area contributed by atoms with Crippen molar-refractivity contribution in [2.45, 2.75) is 33.2 Å². The fraction of sp³-hybridized carbons (Fsp3) is 0.500. The lowest BCUT2D eigenvalue weighted by Gasteiger charge is -2.21. The second kappa shape index (κ2) is 5.76. The molecule has 100 valence electrons. The molecule has 0 unspecified atom stereocenters. The Bertz CT molecular complexity index is 422. The number of carbonyl (C=O) groups excluding carboxylic acids is 1. The predicted octanol–water partition coefficient (Wildman–Crippen LogP) is 2.62. The van der Waals surface area contributed by atoms with Crippen LogP contribution in [0.1, 0.15) is 38.1 Å². The lowest BCUT2D eigenvalue weighted by atomic mass is 10.1. The van der Waals surface area contributed by atoms with Gasteiger partial charge in [-0.15, -0.1) is 0 Å². The summed E-state index contributed by atoms with van der Waals surface area (Å²) in [6.45, 7) is 8.25. The Morgan fingerprint density at radius 3 is 2.44 bits per heavy atom. The third-order valence-corrected chi connectivity index (χ3v) is 2.21. The molecule has 18 heavy (non-hydrogen) atoms. The van der Waals surface area contributed by atoms with Gasteiger partial charge >= 0.3 is 0 Å². The zero-order valence-electron chi connectivity index (χ0n) is 11.7. The van der Waals surface area contributed by atoms with Crippen LogP contribution < -0.4 is 14.8 Å². The summed E-state index contributed by atoms with van der Waals surface area (Å²) in [6, 6.07) is 5.16. The quantitative estimate of drug-likeness (QED) is 0.894. The fourth-order valence-electron chi connectivity index (χ4n) is 1.50. The number of amides is 1. The minimum Gasteiger partial charge on any atom is -0.493 e. The maximum atomic E-state index is 12.0. The lowest BCUT2D eigenvalue weighted by Crippen LogP contribution is -2.40. The predicted molar refractivity (Wildman–Crippen MR) is 71.4 cm³/mol. The van der Waals surface area contributed by atoms with E-state index in [0.717, 1.165) is 0 Å². The highest BCUT2D eigenvalue weighted by molar-refractivity contribution is 5.95. The van der Waals surface area contributed by atoms with E-state index in [9.17, 15) is 4.79 Å². The van der Waals surface area contributed by atoms with Crippen molar-refractivity contribution in [2.75, 3.05) is 13.7 Å². The first-order valence-electron chi connectivity index (χ1n) is 6.00. The Labute approximate surface area is 108 Å². The standard InChI is InChI=1S/C14H21NO3/c1-6-18-12-9-10(7-8-11(12)17-5)13(16)15-14(2,3)4/h7-9H,6H2,1-5H3,(H,15,16). The normalized spacial score (nSPS) is 10.9. The van der Waals surface area contributed by atoms with E-state index in [0.29, 0.717) is 23.7 Å². The molecule has 0 saturated heterocycles. The van der Waals surface area contributed by atoms with E-state index < -0.39 is 0 Å². The van der Waals surface area contributed by atoms with Crippen LogP contribution >= 0.6 is 0 Å². The zero-order valence-corrected chi connectivity index (χ0v) is 11.7. The first kappa shape index (κ1) is 14.4. The van der Waals surface area contributed by atoms with Gasteiger partial charge in [0, 0.05) is 11.1 Å². The highest BCUT2D eigenvalue weighted by atomic mass is 16.5. The Hall–Kier alpha value is -1.71. The molecule has 1 aromatic rings. The maximum Gasteiger partial charge on any atom is 0.251 e. The summed E-state index contributed by atoms with van der Waals surface area (Å²) in [5.74, 6) is 1.09. The van der Waals surface area contributed by atoms with Crippen LogP contribution in [-0.4, -0.2) is 25.2 Å². The molecule has 0 spiro atoms. The monoisotopic (exact) mass is 251 g/mol. The number of benzene rings is 1. The first-order chi connectivity index (χ1) is 8.37. The van der Waals surface area contributed by atoms with Gasteiger partial charge in [-0.25, -0.2) is 0 Å². The van der Waals surface area contributed by atoms with Gasteiger partial charge in [-0.1, -0.05) is 0 Å². The van der Waals surface area contributed by atoms with E-state index in [-0.39, 0.29) is 11.4 Å². The smallest absolute Gasteiger partial charge is 0.251 e. The number of ether oxygens (including phenoxy) is 2. The van der Waals surface area contributed by atoms with Gasteiger partial charge in [0.1, 0.15) is 0 Å². The topological polar surface area (TPSA) is 47.6 Å². The molecule has 0 heterocycles. The van der Waals surface area contributed by atoms with Crippen LogP contribution in [0.3, 0.4) is 0 Å². The van der Waals surface area contributed by atoms with Gasteiger partial charge in [-0.05, 0) is 45.9 Å². The highest BCUT2D eigenvalue weighted by Crippen LogP contribution is 2.28. The van der Waals surface area contributed by atoms with Crippen LogP contribution in [0.15, 0.2) is 18.2 Å². The van der Waals surface area contributed by atoms with Gasteiger partial charge in [-0.2, -0.15) is 0 Å². The second-order valence-electron chi connectivity index (χ2n) is 5.00. The van der Waals surface area contributed by atoms with E-state index >= 15 is 0 Å². The van der Waals surface area contributed by atoms with Crippen molar-refractivity contribution in [3.8, 4) is 11.5 Å². The summed E-state index contributed by atoms with van der Waals surface area (Å²) < 4.78 is 10.6. The molecule has 0 fully saturated rings. The Kier molecular flexibility index (Phi) is 4.59. The molecular formula is C14H21NO3. The van der Waals surface area contributed by atoms with Crippen LogP contribution in [0.25, 0.3) is 0 Å². The molecule has 0 atom stereocenters. The van der Waals surface area contributed by atoms with E-state index in [2.05, 4.69) is 5.32 Å². The third kappa shape index (κ3) is 3.95. The highest BCUT2D eigenvalue weighted by Gasteiger charge is 2.16. The van der Waals surface area contributed by atoms with E-state index in [4.69, 9.17) is 9.47 Å². The van der Waals surface area contributed by atoms with Crippen LogP contribution in [0, 0.1) is 0 Å². The molecule has 4 heteroatoms. The number of nitrogens with one attached hydrogen (secondary N) is 1. The van der Waals surface area contributed by atoms with Crippen molar-refractivity contribution >= 4 is 5.91 Å². The first-order valence-corrected chi connectivity index (χ1v) is 6.00. The molecule has 0 aliphatic heterocycles. The molecular weight excluding hydrogens is 230 g/mol. The summed E-state index contributed by atoms with van der Waals surface area (Å²) in [6.07, 6.45) is 0. The summed E-state index contributed by atoms with van der Waals surface area (Å²) in [4.78, 5) is 12.0.